The zero-order chi connectivity index (χ0) is 13.9. The Hall–Kier alpha value is -1.26. The molecule has 3 atom stereocenters. The second kappa shape index (κ2) is 4.12. The van der Waals surface area contributed by atoms with E-state index in [9.17, 15) is 10.2 Å². The summed E-state index contributed by atoms with van der Waals surface area (Å²) in [4.78, 5) is 2.34. The second-order valence-electron chi connectivity index (χ2n) is 6.63. The molecule has 20 heavy (non-hydrogen) atoms. The van der Waals surface area contributed by atoms with E-state index in [1.54, 1.807) is 6.07 Å². The molecule has 0 unspecified atom stereocenters. The van der Waals surface area contributed by atoms with Crippen LogP contribution in [0.1, 0.15) is 36.8 Å². The molecule has 0 aromatic heterocycles. The van der Waals surface area contributed by atoms with E-state index in [-0.39, 0.29) is 23.4 Å². The van der Waals surface area contributed by atoms with E-state index in [0.29, 0.717) is 12.2 Å². The van der Waals surface area contributed by atoms with Crippen molar-refractivity contribution in [3.8, 4) is 11.5 Å². The number of hydrogen-bond acceptors (Lipinski definition) is 4. The van der Waals surface area contributed by atoms with Crippen LogP contribution in [-0.4, -0.2) is 40.9 Å². The van der Waals surface area contributed by atoms with Gasteiger partial charge in [0.1, 0.15) is 6.10 Å². The molecule has 108 valence electrons. The fraction of sp³-hybridized carbons (Fsp3) is 0.625. The molecule has 1 fully saturated rings. The van der Waals surface area contributed by atoms with E-state index >= 15 is 0 Å². The Labute approximate surface area is 119 Å². The summed E-state index contributed by atoms with van der Waals surface area (Å²) in [5.74, 6) is 0.925. The number of aliphatic hydroxyl groups is 1. The minimum Gasteiger partial charge on any atom is -0.504 e. The first-order valence-electron chi connectivity index (χ1n) is 7.49. The number of ether oxygens (including phenoxy) is 1. The Balaban J connectivity index is 1.91. The lowest BCUT2D eigenvalue weighted by molar-refractivity contribution is 0.0120. The molecular weight excluding hydrogens is 254 g/mol. The number of aliphatic hydroxyl groups excluding tert-OH is 1. The smallest absolute Gasteiger partial charge is 0.165 e. The number of aromatic hydroxyl groups is 1. The zero-order valence-electron chi connectivity index (χ0n) is 11.8. The van der Waals surface area contributed by atoms with Crippen molar-refractivity contribution in [2.75, 3.05) is 13.6 Å². The average molecular weight is 275 g/mol. The quantitative estimate of drug-likeness (QED) is 0.757. The lowest BCUT2D eigenvalue weighted by Gasteiger charge is -2.40. The van der Waals surface area contributed by atoms with E-state index in [4.69, 9.17) is 4.74 Å². The van der Waals surface area contributed by atoms with Gasteiger partial charge in [-0.1, -0.05) is 6.07 Å². The lowest BCUT2D eigenvalue weighted by Crippen LogP contribution is -2.45. The SMILES string of the molecule is CN1CC[C@@]23CC[C@H](O)C[C@@H]2Oc2c(O)ccc(c23)C1. The number of rotatable bonds is 0. The Bertz CT molecular complexity index is 559. The number of benzene rings is 1. The Morgan fingerprint density at radius 2 is 2.20 bits per heavy atom. The maximum Gasteiger partial charge on any atom is 0.165 e. The number of phenols is 1. The van der Waals surface area contributed by atoms with E-state index in [1.165, 1.54) is 11.1 Å². The van der Waals surface area contributed by atoms with Gasteiger partial charge in [-0.15, -0.1) is 0 Å². The molecule has 0 radical (unpaired) electrons. The minimum atomic E-state index is -0.272. The first kappa shape index (κ1) is 12.5. The maximum atomic E-state index is 10.2. The van der Waals surface area contributed by atoms with Crippen molar-refractivity contribution < 1.29 is 14.9 Å². The van der Waals surface area contributed by atoms with Gasteiger partial charge >= 0.3 is 0 Å². The molecule has 0 amide bonds. The molecule has 0 saturated heterocycles. The van der Waals surface area contributed by atoms with Crippen molar-refractivity contribution in [2.45, 2.75) is 49.9 Å². The molecule has 2 aliphatic heterocycles. The molecule has 1 aromatic rings. The molecule has 1 aromatic carbocycles. The molecule has 4 rings (SSSR count). The van der Waals surface area contributed by atoms with Gasteiger partial charge in [0, 0.05) is 23.9 Å². The highest BCUT2D eigenvalue weighted by atomic mass is 16.5. The summed E-state index contributed by atoms with van der Waals surface area (Å²) < 4.78 is 6.09. The Kier molecular flexibility index (Phi) is 2.57. The summed E-state index contributed by atoms with van der Waals surface area (Å²) in [6.45, 7) is 1.94. The lowest BCUT2D eigenvalue weighted by atomic mass is 9.65. The van der Waals surface area contributed by atoms with Crippen LogP contribution in [-0.2, 0) is 12.0 Å². The first-order chi connectivity index (χ1) is 9.60. The van der Waals surface area contributed by atoms with Crippen molar-refractivity contribution >= 4 is 0 Å². The van der Waals surface area contributed by atoms with Crippen molar-refractivity contribution in [1.82, 2.24) is 4.90 Å². The largest absolute Gasteiger partial charge is 0.504 e. The third kappa shape index (κ3) is 1.55. The van der Waals surface area contributed by atoms with Crippen molar-refractivity contribution in [3.05, 3.63) is 23.3 Å². The van der Waals surface area contributed by atoms with Crippen LogP contribution in [0.25, 0.3) is 0 Å². The average Bonchev–Trinajstić information content (AvgIpc) is 2.68. The number of phenolic OH excluding ortho intramolecular Hbond substituents is 1. The number of nitrogens with zero attached hydrogens (tertiary/aromatic N) is 1. The fourth-order valence-corrected chi connectivity index (χ4v) is 4.35. The molecule has 3 aliphatic rings. The molecule has 1 spiro atoms. The predicted molar refractivity (Wildman–Crippen MR) is 75.0 cm³/mol. The van der Waals surface area contributed by atoms with Gasteiger partial charge in [0.2, 0.25) is 0 Å². The number of hydrogen-bond donors (Lipinski definition) is 2. The highest BCUT2D eigenvalue weighted by Gasteiger charge is 2.54. The van der Waals surface area contributed by atoms with Crippen LogP contribution in [0.5, 0.6) is 11.5 Å². The summed E-state index contributed by atoms with van der Waals surface area (Å²) in [7, 11) is 2.14. The van der Waals surface area contributed by atoms with E-state index < -0.39 is 0 Å². The van der Waals surface area contributed by atoms with Crippen molar-refractivity contribution in [3.63, 3.8) is 0 Å². The summed E-state index contributed by atoms with van der Waals surface area (Å²) in [5, 5.41) is 20.1. The Morgan fingerprint density at radius 1 is 1.35 bits per heavy atom. The van der Waals surface area contributed by atoms with Crippen LogP contribution in [0.15, 0.2) is 12.1 Å². The Morgan fingerprint density at radius 3 is 3.05 bits per heavy atom. The van der Waals surface area contributed by atoms with Crippen molar-refractivity contribution in [2.24, 2.45) is 0 Å². The summed E-state index contributed by atoms with van der Waals surface area (Å²) in [6.07, 6.45) is 3.25. The standard InChI is InChI=1S/C16H21NO3/c1-17-7-6-16-5-4-11(18)8-13(16)20-15-12(19)3-2-10(9-17)14(15)16/h2-3,11,13,18-19H,4-9H2,1H3/t11-,13-,16-/m0/s1. The van der Waals surface area contributed by atoms with Gasteiger partial charge < -0.3 is 19.8 Å². The molecule has 1 aliphatic carbocycles. The zero-order valence-corrected chi connectivity index (χ0v) is 11.8. The third-order valence-electron chi connectivity index (χ3n) is 5.39. The summed E-state index contributed by atoms with van der Waals surface area (Å²) in [5.41, 5.74) is 2.49. The topological polar surface area (TPSA) is 52.9 Å². The highest BCUT2D eigenvalue weighted by molar-refractivity contribution is 5.58. The van der Waals surface area contributed by atoms with Gasteiger partial charge in [0.05, 0.1) is 6.10 Å². The van der Waals surface area contributed by atoms with Crippen LogP contribution in [0, 0.1) is 0 Å². The van der Waals surface area contributed by atoms with Gasteiger partial charge in [0.15, 0.2) is 11.5 Å². The summed E-state index contributed by atoms with van der Waals surface area (Å²) >= 11 is 0. The van der Waals surface area contributed by atoms with Crippen molar-refractivity contribution in [1.29, 1.82) is 0 Å². The van der Waals surface area contributed by atoms with Gasteiger partial charge in [-0.3, -0.25) is 0 Å². The van der Waals surface area contributed by atoms with Crippen LogP contribution >= 0.6 is 0 Å². The van der Waals surface area contributed by atoms with Crippen LogP contribution in [0.4, 0.5) is 0 Å². The summed E-state index contributed by atoms with van der Waals surface area (Å²) in [6, 6.07) is 3.78. The third-order valence-corrected chi connectivity index (χ3v) is 5.39. The molecular formula is C16H21NO3. The molecule has 4 heteroatoms. The minimum absolute atomic E-state index is 0.00655. The molecule has 2 N–H and O–H groups in total. The van der Waals surface area contributed by atoms with E-state index in [2.05, 4.69) is 11.9 Å². The van der Waals surface area contributed by atoms with Crippen LogP contribution in [0.2, 0.25) is 0 Å². The van der Waals surface area contributed by atoms with E-state index in [1.807, 2.05) is 6.07 Å². The van der Waals surface area contributed by atoms with E-state index in [0.717, 1.165) is 32.4 Å². The van der Waals surface area contributed by atoms with Gasteiger partial charge in [-0.2, -0.15) is 0 Å². The molecule has 1 saturated carbocycles. The maximum absolute atomic E-state index is 10.2. The van der Waals surface area contributed by atoms with Gasteiger partial charge in [0.25, 0.3) is 0 Å². The highest BCUT2D eigenvalue weighted by Crippen LogP contribution is 2.57. The fourth-order valence-electron chi connectivity index (χ4n) is 4.35. The molecule has 4 nitrogen and oxygen atoms in total. The molecule has 2 heterocycles. The monoisotopic (exact) mass is 275 g/mol. The van der Waals surface area contributed by atoms with Crippen LogP contribution in [0.3, 0.4) is 0 Å². The molecule has 0 bridgehead atoms. The van der Waals surface area contributed by atoms with Gasteiger partial charge in [-0.25, -0.2) is 0 Å². The van der Waals surface area contributed by atoms with Gasteiger partial charge in [-0.05, 0) is 44.5 Å². The van der Waals surface area contributed by atoms with Crippen LogP contribution < -0.4 is 4.74 Å². The second-order valence-corrected chi connectivity index (χ2v) is 6.63. The predicted octanol–water partition coefficient (Wildman–Crippen LogP) is 1.77. The normalized spacial score (nSPS) is 35.9. The first-order valence-corrected chi connectivity index (χ1v) is 7.49.